The summed E-state index contributed by atoms with van der Waals surface area (Å²) in [4.78, 5) is 6.74. The van der Waals surface area contributed by atoms with Gasteiger partial charge in [0, 0.05) is 45.3 Å². The van der Waals surface area contributed by atoms with E-state index in [0.717, 1.165) is 64.2 Å². The number of halogens is 1. The summed E-state index contributed by atoms with van der Waals surface area (Å²) in [5.41, 5.74) is 0. The zero-order chi connectivity index (χ0) is 18.6. The number of ether oxygens (including phenoxy) is 2. The molecule has 0 spiro atoms. The number of nitrogens with one attached hydrogen (secondary N) is 2. The number of hydrogen-bond acceptors (Lipinski definition) is 4. The minimum atomic E-state index is 0. The standard InChI is InChI=1S/C20H40N4O2.HI/c1-21-20(22-11-7-12-25-15-17-10-13-26-16-17)23-14-19(24(2)3)18-8-5-4-6-9-18;/h17-19H,4-16H2,1-3H3,(H2,21,22,23);1H. The average Bonchev–Trinajstić information content (AvgIpc) is 3.17. The summed E-state index contributed by atoms with van der Waals surface area (Å²) in [6, 6.07) is 0.575. The van der Waals surface area contributed by atoms with Crippen molar-refractivity contribution in [1.29, 1.82) is 0 Å². The number of hydrogen-bond donors (Lipinski definition) is 2. The molecule has 1 saturated carbocycles. The van der Waals surface area contributed by atoms with Gasteiger partial charge in [0.25, 0.3) is 0 Å². The summed E-state index contributed by atoms with van der Waals surface area (Å²) in [7, 11) is 6.24. The van der Waals surface area contributed by atoms with Crippen LogP contribution < -0.4 is 10.6 Å². The fraction of sp³-hybridized carbons (Fsp3) is 0.950. The van der Waals surface area contributed by atoms with Crippen molar-refractivity contribution in [2.24, 2.45) is 16.8 Å². The molecule has 0 amide bonds. The van der Waals surface area contributed by atoms with Crippen LogP contribution in [0.5, 0.6) is 0 Å². The van der Waals surface area contributed by atoms with Crippen LogP contribution in [0.4, 0.5) is 0 Å². The van der Waals surface area contributed by atoms with E-state index < -0.39 is 0 Å². The van der Waals surface area contributed by atoms with Gasteiger partial charge in [0.15, 0.2) is 5.96 Å². The van der Waals surface area contributed by atoms with Gasteiger partial charge in [-0.3, -0.25) is 4.99 Å². The average molecular weight is 496 g/mol. The van der Waals surface area contributed by atoms with Crippen molar-refractivity contribution < 1.29 is 9.47 Å². The second-order valence-corrected chi connectivity index (χ2v) is 7.97. The fourth-order valence-corrected chi connectivity index (χ4v) is 4.06. The van der Waals surface area contributed by atoms with Crippen molar-refractivity contribution in [3.63, 3.8) is 0 Å². The maximum atomic E-state index is 5.76. The van der Waals surface area contributed by atoms with E-state index in [9.17, 15) is 0 Å². The Balaban J connectivity index is 0.00000364. The molecule has 1 saturated heterocycles. The molecule has 2 rings (SSSR count). The van der Waals surface area contributed by atoms with Gasteiger partial charge in [-0.1, -0.05) is 19.3 Å². The first-order chi connectivity index (χ1) is 12.7. The Kier molecular flexibility index (Phi) is 13.7. The quantitative estimate of drug-likeness (QED) is 0.211. The summed E-state index contributed by atoms with van der Waals surface area (Å²) >= 11 is 0. The highest BCUT2D eigenvalue weighted by molar-refractivity contribution is 14.0. The zero-order valence-corrected chi connectivity index (χ0v) is 19.9. The number of likely N-dealkylation sites (N-methyl/N-ethyl adjacent to an activating group) is 1. The molecule has 160 valence electrons. The zero-order valence-electron chi connectivity index (χ0n) is 17.5. The third-order valence-electron chi connectivity index (χ3n) is 5.69. The molecular formula is C20H41IN4O2. The van der Waals surface area contributed by atoms with Crippen LogP contribution in [-0.2, 0) is 9.47 Å². The van der Waals surface area contributed by atoms with Gasteiger partial charge in [0.05, 0.1) is 13.2 Å². The van der Waals surface area contributed by atoms with Crippen molar-refractivity contribution in [1.82, 2.24) is 15.5 Å². The Morgan fingerprint density at radius 2 is 1.96 bits per heavy atom. The molecule has 7 heteroatoms. The first kappa shape index (κ1) is 24.9. The van der Waals surface area contributed by atoms with Crippen molar-refractivity contribution >= 4 is 29.9 Å². The summed E-state index contributed by atoms with van der Waals surface area (Å²) in [5, 5.41) is 6.93. The molecule has 0 aromatic carbocycles. The minimum Gasteiger partial charge on any atom is -0.381 e. The molecule has 2 atom stereocenters. The third-order valence-corrected chi connectivity index (χ3v) is 5.69. The summed E-state index contributed by atoms with van der Waals surface area (Å²) in [6.45, 7) is 5.23. The molecule has 2 unspecified atom stereocenters. The van der Waals surface area contributed by atoms with E-state index in [1.165, 1.54) is 32.1 Å². The molecule has 6 nitrogen and oxygen atoms in total. The highest BCUT2D eigenvalue weighted by Crippen LogP contribution is 2.28. The number of rotatable bonds is 10. The van der Waals surface area contributed by atoms with E-state index in [2.05, 4.69) is 34.6 Å². The van der Waals surface area contributed by atoms with Gasteiger partial charge in [0.2, 0.25) is 0 Å². The second kappa shape index (κ2) is 14.8. The van der Waals surface area contributed by atoms with E-state index >= 15 is 0 Å². The van der Waals surface area contributed by atoms with Crippen molar-refractivity contribution in [3.8, 4) is 0 Å². The predicted octanol–water partition coefficient (Wildman–Crippen LogP) is 2.72. The smallest absolute Gasteiger partial charge is 0.191 e. The lowest BCUT2D eigenvalue weighted by Gasteiger charge is -2.35. The minimum absolute atomic E-state index is 0. The van der Waals surface area contributed by atoms with Gasteiger partial charge in [-0.25, -0.2) is 0 Å². The number of nitrogens with zero attached hydrogens (tertiary/aromatic N) is 2. The fourth-order valence-electron chi connectivity index (χ4n) is 4.06. The summed E-state index contributed by atoms with van der Waals surface area (Å²) < 4.78 is 11.1. The Morgan fingerprint density at radius 3 is 2.59 bits per heavy atom. The van der Waals surface area contributed by atoms with Crippen molar-refractivity contribution in [2.45, 2.75) is 51.0 Å². The largest absolute Gasteiger partial charge is 0.381 e. The van der Waals surface area contributed by atoms with Gasteiger partial charge < -0.3 is 25.0 Å². The predicted molar refractivity (Wildman–Crippen MR) is 123 cm³/mol. The van der Waals surface area contributed by atoms with Gasteiger partial charge in [-0.15, -0.1) is 24.0 Å². The Hall–Kier alpha value is -0.120. The molecule has 0 aromatic rings. The SMILES string of the molecule is CN=C(NCCCOCC1CCOC1)NCC(C1CCCCC1)N(C)C.I. The lowest BCUT2D eigenvalue weighted by atomic mass is 9.83. The lowest BCUT2D eigenvalue weighted by molar-refractivity contribution is 0.0888. The van der Waals surface area contributed by atoms with Crippen LogP contribution in [0, 0.1) is 11.8 Å². The van der Waals surface area contributed by atoms with E-state index in [1.807, 2.05) is 7.05 Å². The molecule has 27 heavy (non-hydrogen) atoms. The van der Waals surface area contributed by atoms with Crippen molar-refractivity contribution in [2.75, 3.05) is 60.7 Å². The van der Waals surface area contributed by atoms with Gasteiger partial charge in [-0.05, 0) is 45.7 Å². The monoisotopic (exact) mass is 496 g/mol. The first-order valence-electron chi connectivity index (χ1n) is 10.5. The molecule has 0 aromatic heterocycles. The van der Waals surface area contributed by atoms with Crippen molar-refractivity contribution in [3.05, 3.63) is 0 Å². The Bertz CT molecular complexity index is 397. The maximum absolute atomic E-state index is 5.76. The number of guanidine groups is 1. The number of aliphatic imine (C=N–C) groups is 1. The maximum Gasteiger partial charge on any atom is 0.191 e. The molecule has 1 heterocycles. The molecule has 0 bridgehead atoms. The first-order valence-corrected chi connectivity index (χ1v) is 10.5. The van der Waals surface area contributed by atoms with E-state index in [4.69, 9.17) is 9.47 Å². The van der Waals surface area contributed by atoms with Crippen LogP contribution in [0.15, 0.2) is 4.99 Å². The highest BCUT2D eigenvalue weighted by Gasteiger charge is 2.25. The normalized spacial score (nSPS) is 22.5. The van der Waals surface area contributed by atoms with Gasteiger partial charge in [0.1, 0.15) is 0 Å². The lowest BCUT2D eigenvalue weighted by Crippen LogP contribution is -2.48. The van der Waals surface area contributed by atoms with Gasteiger partial charge >= 0.3 is 0 Å². The molecule has 2 aliphatic rings. The molecule has 1 aliphatic heterocycles. The van der Waals surface area contributed by atoms with Gasteiger partial charge in [-0.2, -0.15) is 0 Å². The Morgan fingerprint density at radius 1 is 1.19 bits per heavy atom. The van der Waals surface area contributed by atoms with Crippen LogP contribution in [0.2, 0.25) is 0 Å². The summed E-state index contributed by atoms with van der Waals surface area (Å²) in [5.74, 6) is 2.30. The molecule has 2 N–H and O–H groups in total. The van der Waals surface area contributed by atoms with Crippen LogP contribution in [0.25, 0.3) is 0 Å². The van der Waals surface area contributed by atoms with E-state index in [-0.39, 0.29) is 24.0 Å². The highest BCUT2D eigenvalue weighted by atomic mass is 127. The molecule has 2 fully saturated rings. The van der Waals surface area contributed by atoms with Crippen LogP contribution in [0.3, 0.4) is 0 Å². The van der Waals surface area contributed by atoms with E-state index in [1.54, 1.807) is 0 Å². The second-order valence-electron chi connectivity index (χ2n) is 7.97. The van der Waals surface area contributed by atoms with Crippen LogP contribution in [0.1, 0.15) is 44.9 Å². The molecule has 0 radical (unpaired) electrons. The summed E-state index contributed by atoms with van der Waals surface area (Å²) in [6.07, 6.45) is 9.03. The Labute approximate surface area is 183 Å². The topological polar surface area (TPSA) is 58.1 Å². The van der Waals surface area contributed by atoms with Crippen LogP contribution in [-0.4, -0.2) is 77.6 Å². The van der Waals surface area contributed by atoms with E-state index in [0.29, 0.717) is 12.0 Å². The molecule has 1 aliphatic carbocycles. The third kappa shape index (κ3) is 9.76. The van der Waals surface area contributed by atoms with Crippen LogP contribution >= 0.6 is 24.0 Å². The molecular weight excluding hydrogens is 455 g/mol.